The van der Waals surface area contributed by atoms with E-state index < -0.39 is 16.1 Å². The molecule has 0 saturated carbocycles. The molecule has 0 fully saturated rings. The van der Waals surface area contributed by atoms with Crippen molar-refractivity contribution in [3.05, 3.63) is 52.5 Å². The van der Waals surface area contributed by atoms with E-state index in [1.54, 1.807) is 19.1 Å². The third-order valence-electron chi connectivity index (χ3n) is 3.34. The zero-order valence-corrected chi connectivity index (χ0v) is 15.4. The van der Waals surface area contributed by atoms with Crippen molar-refractivity contribution in [3.8, 4) is 11.5 Å². The van der Waals surface area contributed by atoms with E-state index in [9.17, 15) is 8.42 Å². The van der Waals surface area contributed by atoms with Crippen LogP contribution in [0, 0.1) is 0 Å². The first kappa shape index (κ1) is 17.8. The summed E-state index contributed by atoms with van der Waals surface area (Å²) in [5.74, 6) is 0.709. The number of sulfonamides is 1. The van der Waals surface area contributed by atoms with E-state index in [-0.39, 0.29) is 10.6 Å². The normalized spacial score (nSPS) is 12.7. The highest BCUT2D eigenvalue weighted by molar-refractivity contribution is 9.10. The Kier molecular flexibility index (Phi) is 5.67. The lowest BCUT2D eigenvalue weighted by atomic mass is 10.1. The molecule has 0 spiro atoms. The summed E-state index contributed by atoms with van der Waals surface area (Å²) < 4.78 is 39.2. The number of hydrogen-bond acceptors (Lipinski definition) is 4. The van der Waals surface area contributed by atoms with E-state index in [1.165, 1.54) is 20.3 Å². The molecule has 1 N–H and O–H groups in total. The standard InChI is InChI=1S/C16H18BrNO4S/c1-11(12-5-4-6-13(17)9-12)18-23(19,20)16-10-14(21-2)7-8-15(16)22-3/h4-11,18H,1-3H3. The zero-order chi connectivity index (χ0) is 17.0. The van der Waals surface area contributed by atoms with Crippen LogP contribution in [0.15, 0.2) is 51.8 Å². The summed E-state index contributed by atoms with van der Waals surface area (Å²) in [4.78, 5) is 0.0428. The van der Waals surface area contributed by atoms with Gasteiger partial charge in [0.05, 0.1) is 14.2 Å². The van der Waals surface area contributed by atoms with Crippen LogP contribution in [-0.4, -0.2) is 22.6 Å². The highest BCUT2D eigenvalue weighted by Crippen LogP contribution is 2.29. The first-order chi connectivity index (χ1) is 10.9. The van der Waals surface area contributed by atoms with Gasteiger partial charge in [0.1, 0.15) is 16.4 Å². The molecule has 23 heavy (non-hydrogen) atoms. The summed E-state index contributed by atoms with van der Waals surface area (Å²) in [5.41, 5.74) is 0.852. The van der Waals surface area contributed by atoms with Gasteiger partial charge in [0.25, 0.3) is 0 Å². The van der Waals surface area contributed by atoms with Crippen LogP contribution in [0.25, 0.3) is 0 Å². The van der Waals surface area contributed by atoms with Gasteiger partial charge in [-0.05, 0) is 36.8 Å². The number of halogens is 1. The molecule has 0 radical (unpaired) electrons. The highest BCUT2D eigenvalue weighted by Gasteiger charge is 2.23. The van der Waals surface area contributed by atoms with Crippen molar-refractivity contribution in [2.45, 2.75) is 17.9 Å². The van der Waals surface area contributed by atoms with E-state index in [2.05, 4.69) is 20.7 Å². The monoisotopic (exact) mass is 399 g/mol. The maximum Gasteiger partial charge on any atom is 0.244 e. The minimum Gasteiger partial charge on any atom is -0.497 e. The molecule has 0 aliphatic carbocycles. The Labute approximate surface area is 144 Å². The SMILES string of the molecule is COc1ccc(OC)c(S(=O)(=O)NC(C)c2cccc(Br)c2)c1. The maximum absolute atomic E-state index is 12.7. The van der Waals surface area contributed by atoms with E-state index in [1.807, 2.05) is 24.3 Å². The summed E-state index contributed by atoms with van der Waals surface area (Å²) in [6.45, 7) is 1.78. The highest BCUT2D eigenvalue weighted by atomic mass is 79.9. The minimum absolute atomic E-state index is 0.0428. The molecule has 0 aromatic heterocycles. The fourth-order valence-corrected chi connectivity index (χ4v) is 3.97. The van der Waals surface area contributed by atoms with Gasteiger partial charge in [-0.2, -0.15) is 0 Å². The van der Waals surface area contributed by atoms with Gasteiger partial charge in [-0.3, -0.25) is 0 Å². The predicted molar refractivity (Wildman–Crippen MR) is 92.4 cm³/mol. The first-order valence-electron chi connectivity index (χ1n) is 6.87. The van der Waals surface area contributed by atoms with Crippen LogP contribution in [0.2, 0.25) is 0 Å². The lowest BCUT2D eigenvalue weighted by Crippen LogP contribution is -2.27. The number of rotatable bonds is 6. The van der Waals surface area contributed by atoms with Crippen LogP contribution < -0.4 is 14.2 Å². The molecule has 0 aliphatic rings. The second-order valence-electron chi connectivity index (χ2n) is 4.91. The Hall–Kier alpha value is -1.57. The van der Waals surface area contributed by atoms with Gasteiger partial charge in [0.15, 0.2) is 0 Å². The summed E-state index contributed by atoms with van der Waals surface area (Å²) in [5, 5.41) is 0. The zero-order valence-electron chi connectivity index (χ0n) is 13.0. The van der Waals surface area contributed by atoms with Gasteiger partial charge in [0, 0.05) is 16.6 Å². The Morgan fingerprint density at radius 2 is 1.83 bits per heavy atom. The minimum atomic E-state index is -3.77. The van der Waals surface area contributed by atoms with Crippen LogP contribution in [0.5, 0.6) is 11.5 Å². The number of methoxy groups -OCH3 is 2. The van der Waals surface area contributed by atoms with Crippen molar-refractivity contribution in [2.24, 2.45) is 0 Å². The molecule has 0 heterocycles. The second-order valence-corrected chi connectivity index (χ2v) is 7.51. The predicted octanol–water partition coefficient (Wildman–Crippen LogP) is 3.51. The molecule has 2 aromatic rings. The largest absolute Gasteiger partial charge is 0.497 e. The molecule has 5 nitrogen and oxygen atoms in total. The molecular formula is C16H18BrNO4S. The van der Waals surface area contributed by atoms with Gasteiger partial charge >= 0.3 is 0 Å². The molecular weight excluding hydrogens is 382 g/mol. The lowest BCUT2D eigenvalue weighted by molar-refractivity contribution is 0.391. The average Bonchev–Trinajstić information content (AvgIpc) is 2.53. The Bertz CT molecular complexity index is 792. The van der Waals surface area contributed by atoms with Crippen molar-refractivity contribution in [2.75, 3.05) is 14.2 Å². The first-order valence-corrected chi connectivity index (χ1v) is 9.15. The summed E-state index contributed by atoms with van der Waals surface area (Å²) >= 11 is 3.38. The van der Waals surface area contributed by atoms with Crippen molar-refractivity contribution < 1.29 is 17.9 Å². The van der Waals surface area contributed by atoms with Crippen molar-refractivity contribution in [3.63, 3.8) is 0 Å². The van der Waals surface area contributed by atoms with E-state index in [0.29, 0.717) is 5.75 Å². The fraction of sp³-hybridized carbons (Fsp3) is 0.250. The Morgan fingerprint density at radius 1 is 1.09 bits per heavy atom. The Morgan fingerprint density at radius 3 is 2.43 bits per heavy atom. The second kappa shape index (κ2) is 7.33. The van der Waals surface area contributed by atoms with Gasteiger partial charge < -0.3 is 9.47 Å². The van der Waals surface area contributed by atoms with E-state index in [4.69, 9.17) is 9.47 Å². The third kappa shape index (κ3) is 4.25. The smallest absolute Gasteiger partial charge is 0.244 e. The molecule has 2 aromatic carbocycles. The van der Waals surface area contributed by atoms with Crippen LogP contribution in [0.1, 0.15) is 18.5 Å². The number of nitrogens with one attached hydrogen (secondary N) is 1. The number of hydrogen-bond donors (Lipinski definition) is 1. The quantitative estimate of drug-likeness (QED) is 0.806. The lowest BCUT2D eigenvalue weighted by Gasteiger charge is -2.17. The fourth-order valence-electron chi connectivity index (χ4n) is 2.13. The summed E-state index contributed by atoms with van der Waals surface area (Å²) in [6.07, 6.45) is 0. The number of benzene rings is 2. The topological polar surface area (TPSA) is 64.6 Å². The van der Waals surface area contributed by atoms with Gasteiger partial charge in [-0.15, -0.1) is 0 Å². The summed E-state index contributed by atoms with van der Waals surface area (Å²) in [6, 6.07) is 11.7. The van der Waals surface area contributed by atoms with Crippen molar-refractivity contribution >= 4 is 26.0 Å². The molecule has 1 unspecified atom stereocenters. The maximum atomic E-state index is 12.7. The molecule has 0 aliphatic heterocycles. The van der Waals surface area contributed by atoms with Gasteiger partial charge in [-0.1, -0.05) is 28.1 Å². The molecule has 124 valence electrons. The van der Waals surface area contributed by atoms with Crippen LogP contribution in [0.4, 0.5) is 0 Å². The van der Waals surface area contributed by atoms with E-state index in [0.717, 1.165) is 10.0 Å². The van der Waals surface area contributed by atoms with Crippen LogP contribution in [-0.2, 0) is 10.0 Å². The molecule has 2 rings (SSSR count). The number of ether oxygens (including phenoxy) is 2. The van der Waals surface area contributed by atoms with Crippen molar-refractivity contribution in [1.82, 2.24) is 4.72 Å². The average molecular weight is 400 g/mol. The van der Waals surface area contributed by atoms with E-state index >= 15 is 0 Å². The van der Waals surface area contributed by atoms with Crippen molar-refractivity contribution in [1.29, 1.82) is 0 Å². The van der Waals surface area contributed by atoms with Gasteiger partial charge in [0.2, 0.25) is 10.0 Å². The third-order valence-corrected chi connectivity index (χ3v) is 5.40. The molecule has 0 bridgehead atoms. The van der Waals surface area contributed by atoms with Gasteiger partial charge in [-0.25, -0.2) is 13.1 Å². The van der Waals surface area contributed by atoms with Crippen LogP contribution in [0.3, 0.4) is 0 Å². The molecule has 0 saturated heterocycles. The Balaban J connectivity index is 2.35. The molecule has 0 amide bonds. The summed E-state index contributed by atoms with van der Waals surface area (Å²) in [7, 11) is -0.855. The van der Waals surface area contributed by atoms with Crippen LogP contribution >= 0.6 is 15.9 Å². The molecule has 7 heteroatoms. The molecule has 1 atom stereocenters.